The van der Waals surface area contributed by atoms with Gasteiger partial charge in [0.15, 0.2) is 0 Å². The predicted molar refractivity (Wildman–Crippen MR) is 86.1 cm³/mol. The van der Waals surface area contributed by atoms with Crippen LogP contribution in [0.1, 0.15) is 19.4 Å². The van der Waals surface area contributed by atoms with Gasteiger partial charge in [0.2, 0.25) is 10.0 Å². The van der Waals surface area contributed by atoms with Gasteiger partial charge in [-0.05, 0) is 30.2 Å². The molecule has 0 saturated carbocycles. The van der Waals surface area contributed by atoms with Gasteiger partial charge in [-0.1, -0.05) is 25.4 Å². The van der Waals surface area contributed by atoms with E-state index in [-0.39, 0.29) is 33.3 Å². The molecule has 5 nitrogen and oxygen atoms in total. The Balaban J connectivity index is 0.00000400. The Labute approximate surface area is 137 Å². The summed E-state index contributed by atoms with van der Waals surface area (Å²) in [5, 5.41) is 8.92. The number of hydrogen-bond acceptors (Lipinski definition) is 4. The van der Waals surface area contributed by atoms with E-state index in [0.717, 1.165) is 0 Å². The highest BCUT2D eigenvalue weighted by atomic mass is 35.5. The van der Waals surface area contributed by atoms with Gasteiger partial charge in [-0.3, -0.25) is 0 Å². The maximum atomic E-state index is 12.4. The first kappa shape index (κ1) is 20.2. The zero-order chi connectivity index (χ0) is 15.6. The maximum Gasteiger partial charge on any atom is 0.242 e. The van der Waals surface area contributed by atoms with Crippen molar-refractivity contribution in [2.75, 3.05) is 20.1 Å². The standard InChI is InChI=1S/C13H18ClN3O2S.ClH/c1-13(2,8-16)9-17(3)20(18,19)11-5-4-10(7-15)12(14)6-11;/h4-6H,8-9,16H2,1-3H3;1H. The predicted octanol–water partition coefficient (Wildman–Crippen LogP) is 2.24. The highest BCUT2D eigenvalue weighted by Gasteiger charge is 2.27. The van der Waals surface area contributed by atoms with Gasteiger partial charge in [0.1, 0.15) is 6.07 Å². The highest BCUT2D eigenvalue weighted by Crippen LogP contribution is 2.24. The Hall–Kier alpha value is -0.840. The van der Waals surface area contributed by atoms with Gasteiger partial charge in [0.05, 0.1) is 15.5 Å². The van der Waals surface area contributed by atoms with Gasteiger partial charge < -0.3 is 5.73 Å². The Morgan fingerprint density at radius 1 is 1.43 bits per heavy atom. The Morgan fingerprint density at radius 2 is 2.00 bits per heavy atom. The van der Waals surface area contributed by atoms with Crippen LogP contribution in [0.25, 0.3) is 0 Å². The van der Waals surface area contributed by atoms with E-state index in [9.17, 15) is 8.42 Å². The van der Waals surface area contributed by atoms with Crippen LogP contribution in [-0.2, 0) is 10.0 Å². The summed E-state index contributed by atoms with van der Waals surface area (Å²) < 4.78 is 26.1. The molecule has 0 unspecified atom stereocenters. The topological polar surface area (TPSA) is 87.2 Å². The van der Waals surface area contributed by atoms with E-state index in [1.165, 1.54) is 29.6 Å². The van der Waals surface area contributed by atoms with Crippen LogP contribution < -0.4 is 5.73 Å². The number of nitrogens with two attached hydrogens (primary N) is 1. The number of rotatable bonds is 5. The van der Waals surface area contributed by atoms with Crippen LogP contribution in [0.4, 0.5) is 0 Å². The van der Waals surface area contributed by atoms with Crippen molar-refractivity contribution in [2.24, 2.45) is 11.1 Å². The van der Waals surface area contributed by atoms with Crippen LogP contribution in [0.5, 0.6) is 0 Å². The summed E-state index contributed by atoms with van der Waals surface area (Å²) in [6, 6.07) is 5.97. The largest absolute Gasteiger partial charge is 0.330 e. The Morgan fingerprint density at radius 3 is 2.43 bits per heavy atom. The first-order valence-electron chi connectivity index (χ1n) is 6.00. The van der Waals surface area contributed by atoms with Crippen molar-refractivity contribution >= 4 is 34.0 Å². The van der Waals surface area contributed by atoms with Crippen molar-refractivity contribution < 1.29 is 8.42 Å². The van der Waals surface area contributed by atoms with E-state index in [1.54, 1.807) is 0 Å². The molecule has 118 valence electrons. The molecule has 0 aliphatic carbocycles. The molecule has 1 aromatic carbocycles. The summed E-state index contributed by atoms with van der Waals surface area (Å²) in [5.41, 5.74) is 5.54. The maximum absolute atomic E-state index is 12.4. The summed E-state index contributed by atoms with van der Waals surface area (Å²) in [4.78, 5) is 0.0665. The second-order valence-electron chi connectivity index (χ2n) is 5.38. The average Bonchev–Trinajstić information content (AvgIpc) is 2.38. The normalized spacial score (nSPS) is 11.9. The lowest BCUT2D eigenvalue weighted by molar-refractivity contribution is 0.292. The van der Waals surface area contributed by atoms with Gasteiger partial charge in [-0.2, -0.15) is 5.26 Å². The molecule has 0 radical (unpaired) electrons. The van der Waals surface area contributed by atoms with Crippen molar-refractivity contribution in [3.05, 3.63) is 28.8 Å². The molecule has 8 heteroatoms. The molecule has 0 fully saturated rings. The van der Waals surface area contributed by atoms with Crippen molar-refractivity contribution in [3.63, 3.8) is 0 Å². The summed E-state index contributed by atoms with van der Waals surface area (Å²) in [5.74, 6) is 0. The monoisotopic (exact) mass is 351 g/mol. The molecule has 0 aromatic heterocycles. The first-order valence-corrected chi connectivity index (χ1v) is 7.82. The van der Waals surface area contributed by atoms with Crippen LogP contribution >= 0.6 is 24.0 Å². The minimum Gasteiger partial charge on any atom is -0.330 e. The number of benzene rings is 1. The van der Waals surface area contributed by atoms with Crippen LogP contribution in [-0.4, -0.2) is 32.9 Å². The van der Waals surface area contributed by atoms with Crippen molar-refractivity contribution in [2.45, 2.75) is 18.7 Å². The van der Waals surface area contributed by atoms with Gasteiger partial charge in [0, 0.05) is 13.6 Å². The van der Waals surface area contributed by atoms with Crippen LogP contribution in [0, 0.1) is 16.7 Å². The fourth-order valence-electron chi connectivity index (χ4n) is 1.68. The molecule has 1 rings (SSSR count). The molecule has 0 atom stereocenters. The lowest BCUT2D eigenvalue weighted by Crippen LogP contribution is -2.39. The number of nitrogens with zero attached hydrogens (tertiary/aromatic N) is 2. The number of sulfonamides is 1. The van der Waals surface area contributed by atoms with Crippen LogP contribution in [0.15, 0.2) is 23.1 Å². The van der Waals surface area contributed by atoms with E-state index in [4.69, 9.17) is 22.6 Å². The average molecular weight is 352 g/mol. The number of hydrogen-bond donors (Lipinski definition) is 1. The fraction of sp³-hybridized carbons (Fsp3) is 0.462. The third kappa shape index (κ3) is 4.83. The molecule has 0 spiro atoms. The molecule has 21 heavy (non-hydrogen) atoms. The third-order valence-electron chi connectivity index (χ3n) is 2.97. The fourth-order valence-corrected chi connectivity index (χ4v) is 3.35. The quantitative estimate of drug-likeness (QED) is 0.880. The van der Waals surface area contributed by atoms with Crippen molar-refractivity contribution in [3.8, 4) is 6.07 Å². The molecular formula is C13H19Cl2N3O2S. The summed E-state index contributed by atoms with van der Waals surface area (Å²) in [6.07, 6.45) is 0. The summed E-state index contributed by atoms with van der Waals surface area (Å²) in [6.45, 7) is 4.46. The molecule has 2 N–H and O–H groups in total. The van der Waals surface area contributed by atoms with Crippen LogP contribution in [0.2, 0.25) is 5.02 Å². The third-order valence-corrected chi connectivity index (χ3v) is 5.08. The van der Waals surface area contributed by atoms with Gasteiger partial charge in [-0.15, -0.1) is 12.4 Å². The van der Waals surface area contributed by atoms with Crippen molar-refractivity contribution in [1.29, 1.82) is 5.26 Å². The Kier molecular flexibility index (Phi) is 7.13. The molecule has 0 bridgehead atoms. The molecule has 0 heterocycles. The highest BCUT2D eigenvalue weighted by molar-refractivity contribution is 7.89. The molecular weight excluding hydrogens is 333 g/mol. The Bertz CT molecular complexity index is 639. The van der Waals surface area contributed by atoms with Crippen molar-refractivity contribution in [1.82, 2.24) is 4.31 Å². The summed E-state index contributed by atoms with van der Waals surface area (Å²) in [7, 11) is -2.15. The first-order chi connectivity index (χ1) is 9.14. The zero-order valence-electron chi connectivity index (χ0n) is 12.1. The molecule has 1 aromatic rings. The van der Waals surface area contributed by atoms with E-state index in [0.29, 0.717) is 13.1 Å². The van der Waals surface area contributed by atoms with Gasteiger partial charge in [-0.25, -0.2) is 12.7 Å². The van der Waals surface area contributed by atoms with E-state index in [2.05, 4.69) is 0 Å². The molecule has 0 aliphatic heterocycles. The zero-order valence-corrected chi connectivity index (χ0v) is 14.5. The number of halogens is 2. The minimum atomic E-state index is -3.65. The summed E-state index contributed by atoms with van der Waals surface area (Å²) >= 11 is 5.88. The SMILES string of the molecule is CN(CC(C)(C)CN)S(=O)(=O)c1ccc(C#N)c(Cl)c1.Cl. The molecule has 0 saturated heterocycles. The van der Waals surface area contributed by atoms with E-state index >= 15 is 0 Å². The van der Waals surface area contributed by atoms with Gasteiger partial charge in [0.25, 0.3) is 0 Å². The van der Waals surface area contributed by atoms with Gasteiger partial charge >= 0.3 is 0 Å². The second kappa shape index (κ2) is 7.43. The van der Waals surface area contributed by atoms with Crippen LogP contribution in [0.3, 0.4) is 0 Å². The minimum absolute atomic E-state index is 0. The second-order valence-corrected chi connectivity index (χ2v) is 7.83. The molecule has 0 aliphatic rings. The lowest BCUT2D eigenvalue weighted by atomic mass is 9.94. The lowest BCUT2D eigenvalue weighted by Gasteiger charge is -2.28. The van der Waals surface area contributed by atoms with E-state index in [1.807, 2.05) is 19.9 Å². The number of nitriles is 1. The molecule has 0 amide bonds. The smallest absolute Gasteiger partial charge is 0.242 e. The van der Waals surface area contributed by atoms with E-state index < -0.39 is 10.0 Å².